The first-order valence-corrected chi connectivity index (χ1v) is 11.2. The molecule has 2 fully saturated rings. The highest BCUT2D eigenvalue weighted by Gasteiger charge is 2.24. The van der Waals surface area contributed by atoms with Gasteiger partial charge in [-0.05, 0) is 62.4 Å². The van der Waals surface area contributed by atoms with Crippen LogP contribution in [0.5, 0.6) is 0 Å². The average molecular weight is 408 g/mol. The Morgan fingerprint density at radius 2 is 1.83 bits per heavy atom. The van der Waals surface area contributed by atoms with Crippen molar-refractivity contribution < 1.29 is 9.90 Å². The minimum Gasteiger partial charge on any atom is -0.391 e. The number of nitrogens with one attached hydrogen (secondary N) is 1. The summed E-state index contributed by atoms with van der Waals surface area (Å²) in [5, 5.41) is 13.5. The largest absolute Gasteiger partial charge is 0.391 e. The summed E-state index contributed by atoms with van der Waals surface area (Å²) in [5.74, 6) is 0.0272. The summed E-state index contributed by atoms with van der Waals surface area (Å²) in [6.07, 6.45) is 3.52. The van der Waals surface area contributed by atoms with Crippen molar-refractivity contribution in [1.29, 1.82) is 0 Å². The number of carbonyl (C=O) groups excluding carboxylic acids is 1. The standard InChI is InChI=1S/C25H33N3O2/c1-19-4-2-5-20(16-19)17-26-22-11-14-27(15-12-22)23-9-7-21(8-10-23)25(30)28-13-3-6-24(29)18-28/h2,4-5,7-10,16,22,24,26,29H,3,6,11-15,17-18H2,1H3/t24-/m1/s1. The zero-order valence-corrected chi connectivity index (χ0v) is 17.9. The Labute approximate surface area is 179 Å². The van der Waals surface area contributed by atoms with Crippen LogP contribution in [0.3, 0.4) is 0 Å². The fraction of sp³-hybridized carbons (Fsp3) is 0.480. The molecule has 2 aromatic carbocycles. The summed E-state index contributed by atoms with van der Waals surface area (Å²) in [6, 6.07) is 17.2. The minimum atomic E-state index is -0.386. The quantitative estimate of drug-likeness (QED) is 0.798. The molecule has 0 aromatic heterocycles. The normalized spacial score (nSPS) is 20.4. The maximum atomic E-state index is 12.7. The third-order valence-electron chi connectivity index (χ3n) is 6.34. The number of aryl methyl sites for hydroxylation is 1. The summed E-state index contributed by atoms with van der Waals surface area (Å²) in [5.41, 5.74) is 4.55. The van der Waals surface area contributed by atoms with E-state index in [-0.39, 0.29) is 12.0 Å². The Kier molecular flexibility index (Phi) is 6.70. The van der Waals surface area contributed by atoms with E-state index in [4.69, 9.17) is 0 Å². The van der Waals surface area contributed by atoms with Crippen LogP contribution < -0.4 is 10.2 Å². The summed E-state index contributed by atoms with van der Waals surface area (Å²) in [7, 11) is 0. The number of hydrogen-bond acceptors (Lipinski definition) is 4. The number of carbonyl (C=O) groups is 1. The highest BCUT2D eigenvalue weighted by Crippen LogP contribution is 2.22. The van der Waals surface area contributed by atoms with Crippen LogP contribution in [0.2, 0.25) is 0 Å². The topological polar surface area (TPSA) is 55.8 Å². The molecule has 1 amide bonds. The van der Waals surface area contributed by atoms with E-state index in [2.05, 4.69) is 53.5 Å². The van der Waals surface area contributed by atoms with Crippen LogP contribution in [0.1, 0.15) is 47.2 Å². The first kappa shape index (κ1) is 20.9. The first-order valence-electron chi connectivity index (χ1n) is 11.2. The van der Waals surface area contributed by atoms with Gasteiger partial charge in [0.25, 0.3) is 5.91 Å². The van der Waals surface area contributed by atoms with Crippen LogP contribution >= 0.6 is 0 Å². The molecule has 2 aliphatic heterocycles. The monoisotopic (exact) mass is 407 g/mol. The molecule has 160 valence electrons. The molecule has 2 N–H and O–H groups in total. The van der Waals surface area contributed by atoms with Gasteiger partial charge in [-0.1, -0.05) is 29.8 Å². The zero-order chi connectivity index (χ0) is 20.9. The van der Waals surface area contributed by atoms with E-state index in [1.165, 1.54) is 16.8 Å². The van der Waals surface area contributed by atoms with Gasteiger partial charge in [0.1, 0.15) is 0 Å². The summed E-state index contributed by atoms with van der Waals surface area (Å²) < 4.78 is 0. The smallest absolute Gasteiger partial charge is 0.253 e. The molecule has 2 saturated heterocycles. The molecular formula is C25H33N3O2. The fourth-order valence-electron chi connectivity index (χ4n) is 4.56. The third kappa shape index (κ3) is 5.21. The van der Waals surface area contributed by atoms with Crippen LogP contribution in [0.25, 0.3) is 0 Å². The number of amides is 1. The first-order chi connectivity index (χ1) is 14.6. The molecule has 0 radical (unpaired) electrons. The number of hydrogen-bond donors (Lipinski definition) is 2. The Morgan fingerprint density at radius 3 is 2.53 bits per heavy atom. The van der Waals surface area contributed by atoms with Crippen molar-refractivity contribution in [2.75, 3.05) is 31.1 Å². The van der Waals surface area contributed by atoms with Gasteiger partial charge in [-0.25, -0.2) is 0 Å². The number of rotatable bonds is 5. The number of likely N-dealkylation sites (tertiary alicyclic amines) is 1. The van der Waals surface area contributed by atoms with Crippen LogP contribution in [0.4, 0.5) is 5.69 Å². The Bertz CT molecular complexity index is 844. The molecule has 5 nitrogen and oxygen atoms in total. The fourth-order valence-corrected chi connectivity index (χ4v) is 4.56. The Hall–Kier alpha value is -2.37. The van der Waals surface area contributed by atoms with Crippen molar-refractivity contribution in [1.82, 2.24) is 10.2 Å². The van der Waals surface area contributed by atoms with Gasteiger partial charge in [-0.15, -0.1) is 0 Å². The molecule has 2 aliphatic rings. The van der Waals surface area contributed by atoms with E-state index >= 15 is 0 Å². The number of nitrogens with zero attached hydrogens (tertiary/aromatic N) is 2. The summed E-state index contributed by atoms with van der Waals surface area (Å²) >= 11 is 0. The molecule has 0 bridgehead atoms. The highest BCUT2D eigenvalue weighted by atomic mass is 16.3. The zero-order valence-electron chi connectivity index (χ0n) is 17.9. The molecule has 5 heteroatoms. The van der Waals surface area contributed by atoms with Crippen molar-refractivity contribution in [3.8, 4) is 0 Å². The number of anilines is 1. The lowest BCUT2D eigenvalue weighted by Gasteiger charge is -2.34. The van der Waals surface area contributed by atoms with Crippen LogP contribution in [0, 0.1) is 6.92 Å². The second kappa shape index (κ2) is 9.63. The summed E-state index contributed by atoms with van der Waals surface area (Å²) in [6.45, 7) is 6.30. The molecule has 2 aromatic rings. The second-order valence-electron chi connectivity index (χ2n) is 8.73. The molecule has 0 aliphatic carbocycles. The van der Waals surface area contributed by atoms with E-state index in [9.17, 15) is 9.90 Å². The van der Waals surface area contributed by atoms with Gasteiger partial charge in [-0.2, -0.15) is 0 Å². The lowest BCUT2D eigenvalue weighted by molar-refractivity contribution is 0.0474. The van der Waals surface area contributed by atoms with Crippen LogP contribution in [-0.2, 0) is 6.54 Å². The number of aliphatic hydroxyl groups excluding tert-OH is 1. The lowest BCUT2D eigenvalue weighted by Crippen LogP contribution is -2.42. The van der Waals surface area contributed by atoms with Crippen molar-refractivity contribution in [2.45, 2.75) is 51.3 Å². The maximum Gasteiger partial charge on any atom is 0.253 e. The van der Waals surface area contributed by atoms with Gasteiger partial charge in [0, 0.05) is 50.0 Å². The van der Waals surface area contributed by atoms with Gasteiger partial charge in [0.2, 0.25) is 0 Å². The highest BCUT2D eigenvalue weighted by molar-refractivity contribution is 5.94. The van der Waals surface area contributed by atoms with Crippen molar-refractivity contribution >= 4 is 11.6 Å². The number of piperidine rings is 2. The predicted octanol–water partition coefficient (Wildman–Crippen LogP) is 3.35. The molecule has 30 heavy (non-hydrogen) atoms. The van der Waals surface area contributed by atoms with E-state index in [1.807, 2.05) is 12.1 Å². The molecule has 4 rings (SSSR count). The van der Waals surface area contributed by atoms with E-state index in [0.29, 0.717) is 18.2 Å². The van der Waals surface area contributed by atoms with Crippen molar-refractivity contribution in [3.05, 3.63) is 65.2 Å². The molecule has 2 heterocycles. The van der Waals surface area contributed by atoms with Crippen molar-refractivity contribution in [2.24, 2.45) is 0 Å². The maximum absolute atomic E-state index is 12.7. The van der Waals surface area contributed by atoms with Gasteiger partial charge < -0.3 is 20.2 Å². The van der Waals surface area contributed by atoms with Gasteiger partial charge >= 0.3 is 0 Å². The van der Waals surface area contributed by atoms with E-state index in [1.54, 1.807) is 4.90 Å². The molecule has 0 unspecified atom stereocenters. The SMILES string of the molecule is Cc1cccc(CNC2CCN(c3ccc(C(=O)N4CCC[C@@H](O)C4)cc3)CC2)c1. The van der Waals surface area contributed by atoms with Crippen LogP contribution in [-0.4, -0.2) is 54.2 Å². The molecule has 0 spiro atoms. The number of benzene rings is 2. The lowest BCUT2D eigenvalue weighted by atomic mass is 10.0. The number of aliphatic hydroxyl groups is 1. The predicted molar refractivity (Wildman–Crippen MR) is 121 cm³/mol. The second-order valence-corrected chi connectivity index (χ2v) is 8.73. The molecule has 0 saturated carbocycles. The average Bonchev–Trinajstić information content (AvgIpc) is 2.78. The number of β-amino-alcohol motifs (C(OH)–C–C–N with tert-alkyl or cyclic N) is 1. The Balaban J connectivity index is 1.27. The van der Waals surface area contributed by atoms with Crippen molar-refractivity contribution in [3.63, 3.8) is 0 Å². The molecular weight excluding hydrogens is 374 g/mol. The Morgan fingerprint density at radius 1 is 1.07 bits per heavy atom. The van der Waals surface area contributed by atoms with Gasteiger partial charge in [0.05, 0.1) is 6.10 Å². The van der Waals surface area contributed by atoms with Gasteiger partial charge in [-0.3, -0.25) is 4.79 Å². The van der Waals surface area contributed by atoms with E-state index < -0.39 is 0 Å². The van der Waals surface area contributed by atoms with Gasteiger partial charge in [0.15, 0.2) is 0 Å². The van der Waals surface area contributed by atoms with E-state index in [0.717, 1.165) is 51.9 Å². The third-order valence-corrected chi connectivity index (χ3v) is 6.34. The summed E-state index contributed by atoms with van der Waals surface area (Å²) in [4.78, 5) is 16.9. The van der Waals surface area contributed by atoms with Crippen LogP contribution in [0.15, 0.2) is 48.5 Å². The minimum absolute atomic E-state index is 0.0272. The molecule has 1 atom stereocenters.